The lowest BCUT2D eigenvalue weighted by atomic mass is 9.84. The van der Waals surface area contributed by atoms with Crippen LogP contribution < -0.4 is 5.73 Å². The summed E-state index contributed by atoms with van der Waals surface area (Å²) in [5, 5.41) is 0. The highest BCUT2D eigenvalue weighted by Gasteiger charge is 2.16. The Labute approximate surface area is 118 Å². The van der Waals surface area contributed by atoms with Gasteiger partial charge in [0, 0.05) is 18.9 Å². The molecule has 0 atom stereocenters. The van der Waals surface area contributed by atoms with Crippen molar-refractivity contribution in [2.75, 3.05) is 26.7 Å². The summed E-state index contributed by atoms with van der Waals surface area (Å²) in [6.45, 7) is 7.71. The Hall–Kier alpha value is -0.930. The maximum atomic E-state index is 5.64. The number of nitrogens with zero attached hydrogens (tertiary/aromatic N) is 2. The van der Waals surface area contributed by atoms with E-state index in [4.69, 9.17) is 5.73 Å². The summed E-state index contributed by atoms with van der Waals surface area (Å²) < 4.78 is 0. The number of aromatic nitrogens is 1. The Morgan fingerprint density at radius 3 is 2.47 bits per heavy atom. The van der Waals surface area contributed by atoms with Gasteiger partial charge in [-0.1, -0.05) is 13.8 Å². The number of pyridine rings is 1. The molecule has 108 valence electrons. The normalized spacial score (nSPS) is 12.1. The zero-order valence-corrected chi connectivity index (χ0v) is 12.7. The van der Waals surface area contributed by atoms with Gasteiger partial charge in [-0.2, -0.15) is 0 Å². The fourth-order valence-corrected chi connectivity index (χ4v) is 2.32. The summed E-state index contributed by atoms with van der Waals surface area (Å²) in [6, 6.07) is 4.19. The quantitative estimate of drug-likeness (QED) is 0.745. The second kappa shape index (κ2) is 8.28. The fourth-order valence-electron chi connectivity index (χ4n) is 2.32. The summed E-state index contributed by atoms with van der Waals surface area (Å²) in [5.41, 5.74) is 7.40. The largest absolute Gasteiger partial charge is 0.330 e. The minimum Gasteiger partial charge on any atom is -0.330 e. The fraction of sp³-hybridized carbons (Fsp3) is 0.688. The molecule has 0 unspecified atom stereocenters. The molecule has 2 N–H and O–H groups in total. The molecule has 0 spiro atoms. The monoisotopic (exact) mass is 263 g/mol. The average molecular weight is 263 g/mol. The van der Waals surface area contributed by atoms with Crippen molar-refractivity contribution in [2.24, 2.45) is 11.1 Å². The van der Waals surface area contributed by atoms with Crippen LogP contribution in [0.25, 0.3) is 0 Å². The first-order valence-corrected chi connectivity index (χ1v) is 7.31. The Morgan fingerprint density at radius 1 is 1.16 bits per heavy atom. The third-order valence-electron chi connectivity index (χ3n) is 3.75. The molecular formula is C16H29N3. The van der Waals surface area contributed by atoms with Gasteiger partial charge in [0.2, 0.25) is 0 Å². The zero-order chi connectivity index (χ0) is 14.1. The van der Waals surface area contributed by atoms with E-state index < -0.39 is 0 Å². The number of nitrogens with two attached hydrogens (primary N) is 1. The molecule has 0 aliphatic heterocycles. The smallest absolute Gasteiger partial charge is 0.0270 e. The van der Waals surface area contributed by atoms with Crippen LogP contribution in [0.2, 0.25) is 0 Å². The van der Waals surface area contributed by atoms with Gasteiger partial charge in [-0.3, -0.25) is 4.98 Å². The van der Waals surface area contributed by atoms with Crippen molar-refractivity contribution in [2.45, 2.75) is 39.5 Å². The molecule has 0 aliphatic rings. The van der Waals surface area contributed by atoms with Crippen LogP contribution in [0.3, 0.4) is 0 Å². The summed E-state index contributed by atoms with van der Waals surface area (Å²) >= 11 is 0. The molecule has 0 bridgehead atoms. The predicted octanol–water partition coefficient (Wildman–Crippen LogP) is 2.71. The van der Waals surface area contributed by atoms with Crippen LogP contribution in [0.15, 0.2) is 24.5 Å². The highest BCUT2D eigenvalue weighted by molar-refractivity contribution is 5.09. The van der Waals surface area contributed by atoms with E-state index in [0.29, 0.717) is 5.41 Å². The van der Waals surface area contributed by atoms with Crippen LogP contribution in [0.4, 0.5) is 0 Å². The van der Waals surface area contributed by atoms with E-state index in [1.807, 2.05) is 12.4 Å². The molecule has 1 rings (SSSR count). The lowest BCUT2D eigenvalue weighted by Gasteiger charge is -2.25. The second-order valence-electron chi connectivity index (χ2n) is 6.22. The van der Waals surface area contributed by atoms with Crippen molar-refractivity contribution in [3.05, 3.63) is 30.1 Å². The Bertz CT molecular complexity index is 335. The van der Waals surface area contributed by atoms with Gasteiger partial charge in [-0.25, -0.2) is 0 Å². The van der Waals surface area contributed by atoms with E-state index >= 15 is 0 Å². The zero-order valence-electron chi connectivity index (χ0n) is 12.7. The molecule has 3 nitrogen and oxygen atoms in total. The molecule has 0 saturated carbocycles. The Kier molecular flexibility index (Phi) is 7.03. The van der Waals surface area contributed by atoms with Gasteiger partial charge >= 0.3 is 0 Å². The van der Waals surface area contributed by atoms with Crippen LogP contribution in [-0.2, 0) is 6.42 Å². The van der Waals surface area contributed by atoms with Crippen LogP contribution >= 0.6 is 0 Å². The van der Waals surface area contributed by atoms with E-state index in [2.05, 4.69) is 42.9 Å². The highest BCUT2D eigenvalue weighted by Crippen LogP contribution is 2.25. The maximum absolute atomic E-state index is 5.64. The molecule has 19 heavy (non-hydrogen) atoms. The van der Waals surface area contributed by atoms with Crippen molar-refractivity contribution in [1.82, 2.24) is 9.88 Å². The van der Waals surface area contributed by atoms with E-state index in [1.54, 1.807) is 0 Å². The molecule has 3 heteroatoms. The first kappa shape index (κ1) is 16.1. The van der Waals surface area contributed by atoms with E-state index in [0.717, 1.165) is 25.9 Å². The standard InChI is InChI=1S/C16H29N3/c1-16(2,9-10-17)8-4-13-19(3)14-7-15-5-11-18-12-6-15/h5-6,11-12H,4,7-10,13-14,17H2,1-3H3. The van der Waals surface area contributed by atoms with Gasteiger partial charge < -0.3 is 10.6 Å². The highest BCUT2D eigenvalue weighted by atomic mass is 15.1. The Balaban J connectivity index is 2.16. The predicted molar refractivity (Wildman–Crippen MR) is 82.1 cm³/mol. The molecule has 0 saturated heterocycles. The van der Waals surface area contributed by atoms with E-state index in [9.17, 15) is 0 Å². The summed E-state index contributed by atoms with van der Waals surface area (Å²) in [4.78, 5) is 6.46. The van der Waals surface area contributed by atoms with Crippen molar-refractivity contribution in [3.63, 3.8) is 0 Å². The first-order valence-electron chi connectivity index (χ1n) is 7.31. The van der Waals surface area contributed by atoms with Crippen LogP contribution in [-0.4, -0.2) is 36.6 Å². The summed E-state index contributed by atoms with van der Waals surface area (Å²) in [5.74, 6) is 0. The van der Waals surface area contributed by atoms with Gasteiger partial charge in [0.25, 0.3) is 0 Å². The van der Waals surface area contributed by atoms with Gasteiger partial charge in [-0.05, 0) is 68.9 Å². The third kappa shape index (κ3) is 7.28. The topological polar surface area (TPSA) is 42.1 Å². The van der Waals surface area contributed by atoms with Gasteiger partial charge in [0.05, 0.1) is 0 Å². The number of likely N-dealkylation sites (N-methyl/N-ethyl adjacent to an activating group) is 1. The lowest BCUT2D eigenvalue weighted by molar-refractivity contribution is 0.264. The maximum Gasteiger partial charge on any atom is 0.0270 e. The van der Waals surface area contributed by atoms with E-state index in [1.165, 1.54) is 24.9 Å². The average Bonchev–Trinajstić information content (AvgIpc) is 2.37. The van der Waals surface area contributed by atoms with E-state index in [-0.39, 0.29) is 0 Å². The third-order valence-corrected chi connectivity index (χ3v) is 3.75. The number of hydrogen-bond acceptors (Lipinski definition) is 3. The lowest BCUT2D eigenvalue weighted by Crippen LogP contribution is -2.24. The van der Waals surface area contributed by atoms with Crippen molar-refractivity contribution in [3.8, 4) is 0 Å². The minimum atomic E-state index is 0.390. The molecule has 1 aromatic heterocycles. The number of hydrogen-bond donors (Lipinski definition) is 1. The molecule has 1 aromatic rings. The number of rotatable bonds is 9. The summed E-state index contributed by atoms with van der Waals surface area (Å²) in [6.07, 6.45) is 8.46. The molecule has 0 fully saturated rings. The van der Waals surface area contributed by atoms with Crippen molar-refractivity contribution in [1.29, 1.82) is 0 Å². The first-order chi connectivity index (χ1) is 9.03. The van der Waals surface area contributed by atoms with Crippen LogP contribution in [0.5, 0.6) is 0 Å². The van der Waals surface area contributed by atoms with Crippen LogP contribution in [0, 0.1) is 5.41 Å². The van der Waals surface area contributed by atoms with Gasteiger partial charge in [0.1, 0.15) is 0 Å². The molecule has 0 amide bonds. The van der Waals surface area contributed by atoms with Crippen LogP contribution in [0.1, 0.15) is 38.7 Å². The van der Waals surface area contributed by atoms with Gasteiger partial charge in [0.15, 0.2) is 0 Å². The molecule has 0 radical (unpaired) electrons. The molecule has 0 aliphatic carbocycles. The Morgan fingerprint density at radius 2 is 1.84 bits per heavy atom. The molecule has 1 heterocycles. The van der Waals surface area contributed by atoms with Crippen molar-refractivity contribution >= 4 is 0 Å². The molecule has 0 aromatic carbocycles. The molecular weight excluding hydrogens is 234 g/mol. The van der Waals surface area contributed by atoms with Crippen molar-refractivity contribution < 1.29 is 0 Å². The minimum absolute atomic E-state index is 0.390. The second-order valence-corrected chi connectivity index (χ2v) is 6.22. The summed E-state index contributed by atoms with van der Waals surface area (Å²) in [7, 11) is 2.21. The van der Waals surface area contributed by atoms with Gasteiger partial charge in [-0.15, -0.1) is 0 Å². The SMILES string of the molecule is CN(CCCC(C)(C)CCN)CCc1ccncc1.